The third-order valence-corrected chi connectivity index (χ3v) is 5.69. The van der Waals surface area contributed by atoms with Crippen molar-refractivity contribution in [1.29, 1.82) is 0 Å². The second-order valence-corrected chi connectivity index (χ2v) is 7.12. The zero-order valence-electron chi connectivity index (χ0n) is 10.1. The lowest BCUT2D eigenvalue weighted by atomic mass is 9.99. The van der Waals surface area contributed by atoms with E-state index in [2.05, 4.69) is 4.72 Å². The second-order valence-electron chi connectivity index (χ2n) is 4.43. The average molecular weight is 291 g/mol. The molecule has 0 radical (unpaired) electrons. The summed E-state index contributed by atoms with van der Waals surface area (Å²) in [6.07, 6.45) is 0.680. The van der Waals surface area contributed by atoms with E-state index in [-0.39, 0.29) is 23.5 Å². The van der Waals surface area contributed by atoms with Crippen molar-refractivity contribution in [3.63, 3.8) is 0 Å². The molecule has 0 aromatic carbocycles. The molecule has 2 heterocycles. The number of nitrogens with one attached hydrogen (secondary N) is 1. The lowest BCUT2D eigenvalue weighted by Gasteiger charge is -2.29. The van der Waals surface area contributed by atoms with Crippen LogP contribution in [0.25, 0.3) is 0 Å². The Morgan fingerprint density at radius 2 is 2.39 bits per heavy atom. The highest BCUT2D eigenvalue weighted by molar-refractivity contribution is 7.89. The first-order chi connectivity index (χ1) is 8.54. The minimum Gasteiger partial charge on any atom is -0.391 e. The van der Waals surface area contributed by atoms with Gasteiger partial charge in [0.1, 0.15) is 0 Å². The SMILES string of the molecule is CC1COCCC1NS(=O)(=O)c1ccsc1CO. The average Bonchev–Trinajstić information content (AvgIpc) is 2.81. The van der Waals surface area contributed by atoms with Crippen molar-refractivity contribution in [1.82, 2.24) is 4.72 Å². The van der Waals surface area contributed by atoms with Gasteiger partial charge in [-0.25, -0.2) is 13.1 Å². The summed E-state index contributed by atoms with van der Waals surface area (Å²) in [7, 11) is -3.55. The van der Waals surface area contributed by atoms with Crippen LogP contribution in [0.1, 0.15) is 18.2 Å². The molecule has 2 rings (SSSR count). The summed E-state index contributed by atoms with van der Waals surface area (Å²) in [5.74, 6) is 0.157. The number of hydrogen-bond acceptors (Lipinski definition) is 5. The number of aliphatic hydroxyl groups excluding tert-OH is 1. The zero-order chi connectivity index (χ0) is 13.2. The quantitative estimate of drug-likeness (QED) is 0.866. The molecule has 2 unspecified atom stereocenters. The van der Waals surface area contributed by atoms with Gasteiger partial charge >= 0.3 is 0 Å². The van der Waals surface area contributed by atoms with E-state index in [0.29, 0.717) is 24.5 Å². The van der Waals surface area contributed by atoms with Crippen LogP contribution in [-0.4, -0.2) is 32.8 Å². The normalized spacial score (nSPS) is 25.2. The molecule has 1 aromatic rings. The Balaban J connectivity index is 2.16. The van der Waals surface area contributed by atoms with E-state index in [1.807, 2.05) is 6.92 Å². The minimum absolute atomic E-state index is 0.102. The topological polar surface area (TPSA) is 75.6 Å². The van der Waals surface area contributed by atoms with Crippen LogP contribution >= 0.6 is 11.3 Å². The predicted molar refractivity (Wildman–Crippen MR) is 69.0 cm³/mol. The van der Waals surface area contributed by atoms with E-state index in [4.69, 9.17) is 9.84 Å². The summed E-state index contributed by atoms with van der Waals surface area (Å²) >= 11 is 1.25. The molecule has 1 fully saturated rings. The smallest absolute Gasteiger partial charge is 0.242 e. The summed E-state index contributed by atoms with van der Waals surface area (Å²) < 4.78 is 32.5. The first-order valence-electron chi connectivity index (χ1n) is 5.82. The van der Waals surface area contributed by atoms with E-state index < -0.39 is 10.0 Å². The van der Waals surface area contributed by atoms with Gasteiger partial charge in [-0.1, -0.05) is 6.92 Å². The number of thiophene rings is 1. The third-order valence-electron chi connectivity index (χ3n) is 3.09. The van der Waals surface area contributed by atoms with Gasteiger partial charge in [0.25, 0.3) is 0 Å². The molecule has 1 aromatic heterocycles. The van der Waals surface area contributed by atoms with Crippen molar-refractivity contribution in [2.75, 3.05) is 13.2 Å². The summed E-state index contributed by atoms with van der Waals surface area (Å²) in [5, 5.41) is 10.8. The summed E-state index contributed by atoms with van der Waals surface area (Å²) in [5.41, 5.74) is 0. The third kappa shape index (κ3) is 2.92. The fourth-order valence-corrected chi connectivity index (χ4v) is 4.68. The first-order valence-corrected chi connectivity index (χ1v) is 8.18. The van der Waals surface area contributed by atoms with Gasteiger partial charge in [0.15, 0.2) is 0 Å². The molecule has 0 amide bonds. The van der Waals surface area contributed by atoms with E-state index in [9.17, 15) is 8.42 Å². The van der Waals surface area contributed by atoms with Crippen LogP contribution < -0.4 is 4.72 Å². The van der Waals surface area contributed by atoms with E-state index in [1.54, 1.807) is 5.38 Å². The zero-order valence-corrected chi connectivity index (χ0v) is 11.8. The fraction of sp³-hybridized carbons (Fsp3) is 0.636. The maximum atomic E-state index is 12.2. The fourth-order valence-electron chi connectivity index (χ4n) is 2.00. The highest BCUT2D eigenvalue weighted by atomic mass is 32.2. The van der Waals surface area contributed by atoms with Gasteiger partial charge in [0.2, 0.25) is 10.0 Å². The lowest BCUT2D eigenvalue weighted by Crippen LogP contribution is -2.44. The lowest BCUT2D eigenvalue weighted by molar-refractivity contribution is 0.0450. The van der Waals surface area contributed by atoms with Crippen LogP contribution in [-0.2, 0) is 21.4 Å². The summed E-state index contributed by atoms with van der Waals surface area (Å²) in [6.45, 7) is 2.86. The molecule has 1 aliphatic rings. The van der Waals surface area contributed by atoms with Crippen LogP contribution in [0.5, 0.6) is 0 Å². The van der Waals surface area contributed by atoms with E-state index in [0.717, 1.165) is 0 Å². The van der Waals surface area contributed by atoms with Crippen molar-refractivity contribution in [3.8, 4) is 0 Å². The highest BCUT2D eigenvalue weighted by Gasteiger charge is 2.28. The summed E-state index contributed by atoms with van der Waals surface area (Å²) in [6, 6.07) is 1.43. The van der Waals surface area contributed by atoms with Crippen molar-refractivity contribution in [2.45, 2.75) is 30.9 Å². The number of hydrogen-bond donors (Lipinski definition) is 2. The molecule has 1 saturated heterocycles. The molecule has 2 atom stereocenters. The van der Waals surface area contributed by atoms with E-state index in [1.165, 1.54) is 17.4 Å². The molecule has 18 heavy (non-hydrogen) atoms. The molecule has 0 spiro atoms. The van der Waals surface area contributed by atoms with Gasteiger partial charge < -0.3 is 9.84 Å². The van der Waals surface area contributed by atoms with E-state index >= 15 is 0 Å². The van der Waals surface area contributed by atoms with Crippen LogP contribution in [0.4, 0.5) is 0 Å². The molecule has 102 valence electrons. The van der Waals surface area contributed by atoms with Gasteiger partial charge in [-0.15, -0.1) is 11.3 Å². The molecular formula is C11H17NO4S2. The Bertz CT molecular complexity index is 497. The predicted octanol–water partition coefficient (Wildman–Crippen LogP) is 0.944. The highest BCUT2D eigenvalue weighted by Crippen LogP contribution is 2.23. The molecule has 1 aliphatic heterocycles. The Morgan fingerprint density at radius 3 is 3.06 bits per heavy atom. The van der Waals surface area contributed by atoms with Crippen LogP contribution in [0.15, 0.2) is 16.3 Å². The first kappa shape index (κ1) is 14.0. The number of aliphatic hydroxyl groups is 1. The van der Waals surface area contributed by atoms with Gasteiger partial charge in [-0.2, -0.15) is 0 Å². The van der Waals surface area contributed by atoms with Crippen LogP contribution in [0.2, 0.25) is 0 Å². The number of ether oxygens (including phenoxy) is 1. The van der Waals surface area contributed by atoms with Crippen molar-refractivity contribution < 1.29 is 18.3 Å². The molecular weight excluding hydrogens is 274 g/mol. The molecule has 5 nitrogen and oxygen atoms in total. The van der Waals surface area contributed by atoms with Gasteiger partial charge in [0, 0.05) is 17.5 Å². The number of rotatable bonds is 4. The molecule has 0 bridgehead atoms. The van der Waals surface area contributed by atoms with Crippen LogP contribution in [0.3, 0.4) is 0 Å². The maximum Gasteiger partial charge on any atom is 0.242 e. The standard InChI is InChI=1S/C11H17NO4S2/c1-8-7-16-4-2-9(8)12-18(14,15)11-3-5-17-10(11)6-13/h3,5,8-9,12-13H,2,4,6-7H2,1H3. The Hall–Kier alpha value is -0.470. The molecule has 2 N–H and O–H groups in total. The minimum atomic E-state index is -3.55. The molecule has 0 aliphatic carbocycles. The van der Waals surface area contributed by atoms with Gasteiger partial charge in [-0.05, 0) is 23.8 Å². The Morgan fingerprint density at radius 1 is 1.61 bits per heavy atom. The largest absolute Gasteiger partial charge is 0.391 e. The Labute approximate surface area is 111 Å². The summed E-state index contributed by atoms with van der Waals surface area (Å²) in [4.78, 5) is 0.663. The van der Waals surface area contributed by atoms with Gasteiger partial charge in [0.05, 0.1) is 18.1 Å². The molecule has 7 heteroatoms. The van der Waals surface area contributed by atoms with Crippen molar-refractivity contribution in [3.05, 3.63) is 16.3 Å². The van der Waals surface area contributed by atoms with Gasteiger partial charge in [-0.3, -0.25) is 0 Å². The number of sulfonamides is 1. The maximum absolute atomic E-state index is 12.2. The van der Waals surface area contributed by atoms with Crippen molar-refractivity contribution in [2.24, 2.45) is 5.92 Å². The second kappa shape index (κ2) is 5.66. The van der Waals surface area contributed by atoms with Crippen molar-refractivity contribution >= 4 is 21.4 Å². The Kier molecular flexibility index (Phi) is 4.39. The monoisotopic (exact) mass is 291 g/mol. The van der Waals surface area contributed by atoms with Crippen LogP contribution in [0, 0.1) is 5.92 Å². The molecule has 0 saturated carbocycles.